The molecular weight excluding hydrogens is 174 g/mol. The van der Waals surface area contributed by atoms with E-state index < -0.39 is 0 Å². The summed E-state index contributed by atoms with van der Waals surface area (Å²) in [6.45, 7) is 1.91. The van der Waals surface area contributed by atoms with E-state index >= 15 is 0 Å². The van der Waals surface area contributed by atoms with Crippen LogP contribution in [0.25, 0.3) is 0 Å². The van der Waals surface area contributed by atoms with Crippen molar-refractivity contribution in [3.05, 3.63) is 29.3 Å². The average Bonchev–Trinajstić information content (AvgIpc) is 2.06. The lowest BCUT2D eigenvalue weighted by Crippen LogP contribution is -2.26. The maximum absolute atomic E-state index is 9.86. The number of para-hydroxylation sites is 1. The SMILES string of the molecule is Cc1cccc([C@H](N)C2CCC2)c1O. The quantitative estimate of drug-likeness (QED) is 0.754. The van der Waals surface area contributed by atoms with Crippen LogP contribution in [0.5, 0.6) is 5.75 Å². The normalized spacial score (nSPS) is 19.0. The molecule has 0 saturated heterocycles. The first-order chi connectivity index (χ1) is 6.70. The Morgan fingerprint density at radius 3 is 2.71 bits per heavy atom. The highest BCUT2D eigenvalue weighted by atomic mass is 16.3. The van der Waals surface area contributed by atoms with Crippen molar-refractivity contribution in [2.24, 2.45) is 11.7 Å². The molecule has 0 spiro atoms. The molecule has 1 aromatic rings. The summed E-state index contributed by atoms with van der Waals surface area (Å²) in [5.41, 5.74) is 7.94. The van der Waals surface area contributed by atoms with Crippen LogP contribution in [-0.2, 0) is 0 Å². The van der Waals surface area contributed by atoms with Gasteiger partial charge in [0, 0.05) is 11.6 Å². The van der Waals surface area contributed by atoms with E-state index in [1.54, 1.807) is 0 Å². The van der Waals surface area contributed by atoms with Crippen molar-refractivity contribution in [3.8, 4) is 5.75 Å². The van der Waals surface area contributed by atoms with Gasteiger partial charge in [0.05, 0.1) is 0 Å². The molecule has 0 amide bonds. The Hall–Kier alpha value is -1.02. The Kier molecular flexibility index (Phi) is 2.46. The monoisotopic (exact) mass is 191 g/mol. The predicted octanol–water partition coefficient (Wildman–Crippen LogP) is 2.50. The number of rotatable bonds is 2. The molecule has 0 aromatic heterocycles. The fraction of sp³-hybridized carbons (Fsp3) is 0.500. The maximum Gasteiger partial charge on any atom is 0.123 e. The highest BCUT2D eigenvalue weighted by molar-refractivity contribution is 5.41. The van der Waals surface area contributed by atoms with Crippen molar-refractivity contribution in [3.63, 3.8) is 0 Å². The molecule has 0 heterocycles. The van der Waals surface area contributed by atoms with Crippen LogP contribution in [0.15, 0.2) is 18.2 Å². The van der Waals surface area contributed by atoms with Gasteiger partial charge >= 0.3 is 0 Å². The van der Waals surface area contributed by atoms with E-state index in [1.807, 2.05) is 25.1 Å². The highest BCUT2D eigenvalue weighted by Crippen LogP contribution is 2.39. The Balaban J connectivity index is 2.26. The van der Waals surface area contributed by atoms with Crippen LogP contribution in [-0.4, -0.2) is 5.11 Å². The van der Waals surface area contributed by atoms with Crippen LogP contribution in [0.1, 0.15) is 36.4 Å². The van der Waals surface area contributed by atoms with Crippen LogP contribution in [0.4, 0.5) is 0 Å². The molecule has 1 fully saturated rings. The summed E-state index contributed by atoms with van der Waals surface area (Å²) in [7, 11) is 0. The first kappa shape index (κ1) is 9.53. The zero-order valence-electron chi connectivity index (χ0n) is 8.53. The van der Waals surface area contributed by atoms with Crippen molar-refractivity contribution in [1.82, 2.24) is 0 Å². The lowest BCUT2D eigenvalue weighted by atomic mass is 9.77. The fourth-order valence-corrected chi connectivity index (χ4v) is 2.00. The minimum absolute atomic E-state index is 0.0173. The Morgan fingerprint density at radius 2 is 2.14 bits per heavy atom. The third kappa shape index (κ3) is 1.50. The van der Waals surface area contributed by atoms with E-state index in [-0.39, 0.29) is 6.04 Å². The zero-order chi connectivity index (χ0) is 10.1. The molecule has 1 aromatic carbocycles. The first-order valence-electron chi connectivity index (χ1n) is 5.24. The minimum Gasteiger partial charge on any atom is -0.507 e. The Morgan fingerprint density at radius 1 is 1.43 bits per heavy atom. The van der Waals surface area contributed by atoms with Crippen LogP contribution in [0.2, 0.25) is 0 Å². The third-order valence-corrected chi connectivity index (χ3v) is 3.29. The molecule has 2 rings (SSSR count). The van der Waals surface area contributed by atoms with Crippen molar-refractivity contribution in [1.29, 1.82) is 0 Å². The number of hydrogen-bond acceptors (Lipinski definition) is 2. The molecular formula is C12H17NO. The minimum atomic E-state index is 0.0173. The predicted molar refractivity (Wildman–Crippen MR) is 57.1 cm³/mol. The molecule has 1 atom stereocenters. The van der Waals surface area contributed by atoms with Crippen molar-refractivity contribution >= 4 is 0 Å². The van der Waals surface area contributed by atoms with Crippen LogP contribution >= 0.6 is 0 Å². The molecule has 0 unspecified atom stereocenters. The second-order valence-corrected chi connectivity index (χ2v) is 4.23. The van der Waals surface area contributed by atoms with Gasteiger partial charge in [-0.25, -0.2) is 0 Å². The number of hydrogen-bond donors (Lipinski definition) is 2. The van der Waals surface area contributed by atoms with Gasteiger partial charge in [0.25, 0.3) is 0 Å². The Bertz CT molecular complexity index is 331. The first-order valence-corrected chi connectivity index (χ1v) is 5.24. The standard InChI is InChI=1S/C12H17NO/c1-8-4-2-7-10(12(8)14)11(13)9-5-3-6-9/h2,4,7,9,11,14H,3,5-6,13H2,1H3/t11-/m1/s1. The van der Waals surface area contributed by atoms with Crippen LogP contribution in [0.3, 0.4) is 0 Å². The van der Waals surface area contributed by atoms with E-state index in [0.29, 0.717) is 11.7 Å². The largest absolute Gasteiger partial charge is 0.507 e. The number of aromatic hydroxyl groups is 1. The molecule has 1 aliphatic carbocycles. The number of benzene rings is 1. The van der Waals surface area contributed by atoms with E-state index in [9.17, 15) is 5.11 Å². The lowest BCUT2D eigenvalue weighted by Gasteiger charge is -2.31. The Labute approximate surface area is 84.7 Å². The third-order valence-electron chi connectivity index (χ3n) is 3.29. The lowest BCUT2D eigenvalue weighted by molar-refractivity contribution is 0.260. The van der Waals surface area contributed by atoms with Gasteiger partial charge in [-0.15, -0.1) is 0 Å². The summed E-state index contributed by atoms with van der Waals surface area (Å²) in [6.07, 6.45) is 3.69. The molecule has 2 heteroatoms. The van der Waals surface area contributed by atoms with E-state index in [1.165, 1.54) is 19.3 Å². The summed E-state index contributed by atoms with van der Waals surface area (Å²) in [6, 6.07) is 5.82. The summed E-state index contributed by atoms with van der Waals surface area (Å²) in [5.74, 6) is 0.953. The molecule has 3 N–H and O–H groups in total. The number of nitrogens with two attached hydrogens (primary N) is 1. The summed E-state index contributed by atoms with van der Waals surface area (Å²) in [4.78, 5) is 0. The van der Waals surface area contributed by atoms with Gasteiger partial charge in [0.2, 0.25) is 0 Å². The van der Waals surface area contributed by atoms with E-state index in [2.05, 4.69) is 0 Å². The average molecular weight is 191 g/mol. The van der Waals surface area contributed by atoms with Gasteiger partial charge in [-0.2, -0.15) is 0 Å². The topological polar surface area (TPSA) is 46.2 Å². The van der Waals surface area contributed by atoms with E-state index in [4.69, 9.17) is 5.73 Å². The van der Waals surface area contributed by atoms with Crippen molar-refractivity contribution < 1.29 is 5.11 Å². The van der Waals surface area contributed by atoms with Gasteiger partial charge in [-0.1, -0.05) is 24.6 Å². The smallest absolute Gasteiger partial charge is 0.123 e. The second-order valence-electron chi connectivity index (χ2n) is 4.23. The molecule has 1 saturated carbocycles. The number of phenols is 1. The van der Waals surface area contributed by atoms with Gasteiger partial charge in [-0.3, -0.25) is 0 Å². The molecule has 76 valence electrons. The van der Waals surface area contributed by atoms with E-state index in [0.717, 1.165) is 11.1 Å². The highest BCUT2D eigenvalue weighted by Gasteiger charge is 2.27. The van der Waals surface area contributed by atoms with Crippen molar-refractivity contribution in [2.45, 2.75) is 32.2 Å². The summed E-state index contributed by atoms with van der Waals surface area (Å²) in [5, 5.41) is 9.86. The van der Waals surface area contributed by atoms with Gasteiger partial charge in [-0.05, 0) is 31.2 Å². The molecule has 0 bridgehead atoms. The van der Waals surface area contributed by atoms with Crippen LogP contribution < -0.4 is 5.73 Å². The van der Waals surface area contributed by atoms with Gasteiger partial charge in [0.1, 0.15) is 5.75 Å². The second kappa shape index (κ2) is 3.62. The fourth-order valence-electron chi connectivity index (χ4n) is 2.00. The summed E-state index contributed by atoms with van der Waals surface area (Å²) >= 11 is 0. The molecule has 2 nitrogen and oxygen atoms in total. The van der Waals surface area contributed by atoms with Crippen molar-refractivity contribution in [2.75, 3.05) is 0 Å². The molecule has 1 aliphatic rings. The maximum atomic E-state index is 9.86. The summed E-state index contributed by atoms with van der Waals surface area (Å²) < 4.78 is 0. The molecule has 14 heavy (non-hydrogen) atoms. The zero-order valence-corrected chi connectivity index (χ0v) is 8.53. The van der Waals surface area contributed by atoms with Crippen LogP contribution in [0, 0.1) is 12.8 Å². The number of phenolic OH excluding ortho intramolecular Hbond substituents is 1. The van der Waals surface area contributed by atoms with Gasteiger partial charge < -0.3 is 10.8 Å². The van der Waals surface area contributed by atoms with Gasteiger partial charge in [0.15, 0.2) is 0 Å². The number of aryl methyl sites for hydroxylation is 1. The molecule has 0 aliphatic heterocycles. The molecule has 0 radical (unpaired) electrons.